The molecule has 0 spiro atoms. The van der Waals surface area contributed by atoms with Crippen LogP contribution in [0.5, 0.6) is 6.01 Å². The Balaban J connectivity index is 1.48. The van der Waals surface area contributed by atoms with Crippen molar-refractivity contribution in [3.8, 4) is 6.01 Å². The van der Waals surface area contributed by atoms with Crippen LogP contribution in [0.1, 0.15) is 53.6 Å². The minimum atomic E-state index is -0.0277. The number of likely N-dealkylation sites (N-methyl/N-ethyl adjacent to an activating group) is 1. The first kappa shape index (κ1) is 27.1. The third-order valence-electron chi connectivity index (χ3n) is 8.87. The predicted octanol–water partition coefficient (Wildman–Crippen LogP) is 3.19. The molecule has 39 heavy (non-hydrogen) atoms. The maximum Gasteiger partial charge on any atom is 0.318 e. The zero-order chi connectivity index (χ0) is 27.7. The Morgan fingerprint density at radius 3 is 2.64 bits per heavy atom. The first-order chi connectivity index (χ1) is 18.8. The van der Waals surface area contributed by atoms with E-state index in [1.807, 2.05) is 11.0 Å². The minimum Gasteiger partial charge on any atom is -0.462 e. The highest BCUT2D eigenvalue weighted by atomic mass is 16.5. The molecule has 1 amide bonds. The van der Waals surface area contributed by atoms with Gasteiger partial charge in [0.15, 0.2) is 0 Å². The largest absolute Gasteiger partial charge is 0.462 e. The number of nitrogens with zero attached hydrogens (tertiary/aromatic N) is 5. The normalized spacial score (nSPS) is 23.4. The lowest BCUT2D eigenvalue weighted by atomic mass is 9.72. The Labute approximate surface area is 231 Å². The number of nitrogens with two attached hydrogens (primary N) is 1. The van der Waals surface area contributed by atoms with Gasteiger partial charge in [0.05, 0.1) is 5.69 Å². The summed E-state index contributed by atoms with van der Waals surface area (Å²) in [5, 5.41) is 8.07. The molecule has 2 unspecified atom stereocenters. The van der Waals surface area contributed by atoms with Gasteiger partial charge in [0, 0.05) is 55.2 Å². The van der Waals surface area contributed by atoms with Crippen LogP contribution in [0.25, 0.3) is 0 Å². The van der Waals surface area contributed by atoms with Gasteiger partial charge >= 0.3 is 6.01 Å². The highest BCUT2D eigenvalue weighted by molar-refractivity contribution is 5.88. The number of hydrogen-bond donors (Lipinski definition) is 2. The molecule has 1 aromatic heterocycles. The number of carbonyl (C=O) groups is 1. The van der Waals surface area contributed by atoms with Crippen molar-refractivity contribution in [3.63, 3.8) is 0 Å². The van der Waals surface area contributed by atoms with Gasteiger partial charge in [-0.3, -0.25) is 4.79 Å². The molecule has 3 heterocycles. The van der Waals surface area contributed by atoms with Crippen LogP contribution in [0.4, 0.5) is 11.5 Å². The van der Waals surface area contributed by atoms with Crippen LogP contribution in [0.3, 0.4) is 0 Å². The molecule has 9 heteroatoms. The summed E-state index contributed by atoms with van der Waals surface area (Å²) in [7, 11) is 2.14. The number of likely N-dealkylation sites (tertiary alicyclic amines) is 1. The lowest BCUT2D eigenvalue weighted by molar-refractivity contribution is -0.126. The summed E-state index contributed by atoms with van der Waals surface area (Å²) in [6.07, 6.45) is 6.65. The number of nitrogen functional groups attached to an aromatic ring is 1. The number of hydrogen-bond acceptors (Lipinski definition) is 8. The quantitative estimate of drug-likeness (QED) is 0.321. The fraction of sp³-hybridized carbons (Fsp3) is 0.533. The third kappa shape index (κ3) is 5.37. The zero-order valence-electron chi connectivity index (χ0n) is 23.4. The summed E-state index contributed by atoms with van der Waals surface area (Å²) in [6.45, 7) is 12.4. The molecule has 3 aliphatic rings. The monoisotopic (exact) mass is 531 g/mol. The summed E-state index contributed by atoms with van der Waals surface area (Å²) < 4.78 is 6.27. The molecule has 2 saturated heterocycles. The second kappa shape index (κ2) is 11.3. The average molecular weight is 532 g/mol. The molecule has 0 radical (unpaired) electrons. The Kier molecular flexibility index (Phi) is 7.88. The molecular formula is C30H41N7O2. The van der Waals surface area contributed by atoms with Gasteiger partial charge in [-0.05, 0) is 81.3 Å². The Morgan fingerprint density at radius 1 is 1.21 bits per heavy atom. The van der Waals surface area contributed by atoms with Crippen LogP contribution < -0.4 is 15.4 Å². The van der Waals surface area contributed by atoms with E-state index in [0.29, 0.717) is 56.4 Å². The van der Waals surface area contributed by atoms with Crippen molar-refractivity contribution in [2.45, 2.75) is 51.5 Å². The van der Waals surface area contributed by atoms with Crippen molar-refractivity contribution >= 4 is 23.6 Å². The highest BCUT2D eigenvalue weighted by Gasteiger charge is 2.35. The number of carbonyl (C=O) groups excluding carboxylic acids is 1. The number of amides is 1. The van der Waals surface area contributed by atoms with Crippen LogP contribution in [0.15, 0.2) is 24.8 Å². The van der Waals surface area contributed by atoms with Crippen molar-refractivity contribution in [2.75, 3.05) is 57.0 Å². The van der Waals surface area contributed by atoms with E-state index in [-0.39, 0.29) is 11.8 Å². The van der Waals surface area contributed by atoms with Crippen LogP contribution in [0.2, 0.25) is 0 Å². The molecule has 2 aliphatic heterocycles. The summed E-state index contributed by atoms with van der Waals surface area (Å²) in [6, 6.07) is 4.75. The van der Waals surface area contributed by atoms with E-state index in [2.05, 4.69) is 43.3 Å². The first-order valence-electron chi connectivity index (χ1n) is 14.1. The first-order valence-corrected chi connectivity index (χ1v) is 14.1. The van der Waals surface area contributed by atoms with Gasteiger partial charge in [-0.15, -0.1) is 0 Å². The van der Waals surface area contributed by atoms with Gasteiger partial charge in [-0.25, -0.2) is 0 Å². The van der Waals surface area contributed by atoms with Gasteiger partial charge in [0.2, 0.25) is 5.91 Å². The summed E-state index contributed by atoms with van der Waals surface area (Å²) in [5.74, 6) is 1.42. The van der Waals surface area contributed by atoms with Crippen molar-refractivity contribution in [1.29, 1.82) is 5.41 Å². The van der Waals surface area contributed by atoms with Crippen LogP contribution in [-0.4, -0.2) is 84.3 Å². The van der Waals surface area contributed by atoms with Gasteiger partial charge in [0.25, 0.3) is 0 Å². The number of piperazine rings is 1. The molecule has 5 rings (SSSR count). The van der Waals surface area contributed by atoms with Crippen molar-refractivity contribution in [2.24, 2.45) is 5.92 Å². The summed E-state index contributed by atoms with van der Waals surface area (Å²) >= 11 is 0. The van der Waals surface area contributed by atoms with E-state index in [4.69, 9.17) is 25.8 Å². The summed E-state index contributed by atoms with van der Waals surface area (Å²) in [4.78, 5) is 28.6. The fourth-order valence-electron chi connectivity index (χ4n) is 6.50. The maximum atomic E-state index is 12.2. The lowest BCUT2D eigenvalue weighted by Crippen LogP contribution is -2.49. The summed E-state index contributed by atoms with van der Waals surface area (Å²) in [5.41, 5.74) is 12.2. The number of anilines is 2. The minimum absolute atomic E-state index is 0.0277. The van der Waals surface area contributed by atoms with E-state index < -0.39 is 0 Å². The second-order valence-electron chi connectivity index (χ2n) is 11.3. The lowest BCUT2D eigenvalue weighted by Gasteiger charge is -2.38. The number of fused-ring (bicyclic) bond motifs is 1. The standard InChI is InChI=1S/C30H41N7O2/c1-5-27(38)36-11-13-37(14-12-36)29-23-15-20(3)22(28-19(2)8-9-25(32)24(28)17-31)16-26(23)33-30(34-29)39-18-21-7-6-10-35(21)4/h5,8-9,17,20-22,31H,1,6-7,10-16,18,32H2,2-4H3/t20?,21-,22?/m0/s1. The van der Waals surface area contributed by atoms with Crippen molar-refractivity contribution < 1.29 is 9.53 Å². The predicted molar refractivity (Wildman–Crippen MR) is 155 cm³/mol. The van der Waals surface area contributed by atoms with E-state index in [1.54, 1.807) is 0 Å². The molecule has 3 N–H and O–H groups in total. The number of benzene rings is 1. The van der Waals surface area contributed by atoms with Crippen molar-refractivity contribution in [1.82, 2.24) is 19.8 Å². The number of rotatable bonds is 7. The molecule has 2 aromatic rings. The van der Waals surface area contributed by atoms with Gasteiger partial charge < -0.3 is 30.6 Å². The number of aromatic nitrogens is 2. The van der Waals surface area contributed by atoms with Crippen LogP contribution in [-0.2, 0) is 17.6 Å². The Hall–Kier alpha value is -3.46. The Morgan fingerprint density at radius 2 is 1.97 bits per heavy atom. The number of aryl methyl sites for hydroxylation is 1. The molecule has 1 aliphatic carbocycles. The van der Waals surface area contributed by atoms with Crippen molar-refractivity contribution in [3.05, 3.63) is 52.7 Å². The Bertz CT molecular complexity index is 1250. The SMILES string of the molecule is C=CC(=O)N1CCN(c2nc(OC[C@@H]3CCCN3C)nc3c2CC(C)C(c2c(C)ccc(N)c2C=N)C3)CC1. The molecule has 208 valence electrons. The molecule has 0 saturated carbocycles. The molecule has 1 aromatic carbocycles. The van der Waals surface area contributed by atoms with Gasteiger partial charge in [0.1, 0.15) is 12.4 Å². The van der Waals surface area contributed by atoms with E-state index in [0.717, 1.165) is 54.0 Å². The average Bonchev–Trinajstić information content (AvgIpc) is 3.36. The fourth-order valence-corrected chi connectivity index (χ4v) is 6.50. The van der Waals surface area contributed by atoms with E-state index >= 15 is 0 Å². The molecule has 2 fully saturated rings. The highest BCUT2D eigenvalue weighted by Crippen LogP contribution is 2.42. The topological polar surface area (TPSA) is 112 Å². The second-order valence-corrected chi connectivity index (χ2v) is 11.3. The number of nitrogens with one attached hydrogen (secondary N) is 1. The molecule has 3 atom stereocenters. The molecule has 0 bridgehead atoms. The maximum absolute atomic E-state index is 12.2. The van der Waals surface area contributed by atoms with E-state index in [9.17, 15) is 4.79 Å². The van der Waals surface area contributed by atoms with E-state index in [1.165, 1.54) is 24.3 Å². The zero-order valence-corrected chi connectivity index (χ0v) is 23.4. The smallest absolute Gasteiger partial charge is 0.318 e. The van der Waals surface area contributed by atoms with Gasteiger partial charge in [-0.2, -0.15) is 9.97 Å². The number of ether oxygens (including phenoxy) is 1. The molecule has 9 nitrogen and oxygen atoms in total. The molecular weight excluding hydrogens is 490 g/mol. The van der Waals surface area contributed by atoms with Gasteiger partial charge in [-0.1, -0.05) is 19.6 Å². The van der Waals surface area contributed by atoms with Crippen LogP contribution >= 0.6 is 0 Å². The van der Waals surface area contributed by atoms with Crippen LogP contribution in [0, 0.1) is 18.3 Å². The third-order valence-corrected chi connectivity index (χ3v) is 8.87.